The van der Waals surface area contributed by atoms with Gasteiger partial charge in [-0.05, 0) is 42.0 Å². The van der Waals surface area contributed by atoms with Gasteiger partial charge < -0.3 is 10.4 Å². The van der Waals surface area contributed by atoms with Crippen LogP contribution in [-0.2, 0) is 0 Å². The minimum absolute atomic E-state index is 0.377. The fourth-order valence-electron chi connectivity index (χ4n) is 1.61. The quantitative estimate of drug-likeness (QED) is 0.889. The fourth-order valence-corrected chi connectivity index (χ4v) is 1.61. The number of benzene rings is 2. The predicted octanol–water partition coefficient (Wildman–Crippen LogP) is 3.35. The van der Waals surface area contributed by atoms with Crippen LogP contribution in [0.25, 0.3) is 0 Å². The van der Waals surface area contributed by atoms with E-state index in [1.165, 1.54) is 36.4 Å². The van der Waals surface area contributed by atoms with Crippen LogP contribution in [0.2, 0.25) is 0 Å². The Labute approximate surface area is 108 Å². The van der Waals surface area contributed by atoms with Gasteiger partial charge in [0.1, 0.15) is 11.9 Å². The average Bonchev–Trinajstić information content (AvgIpc) is 2.41. The van der Waals surface area contributed by atoms with Gasteiger partial charge in [0.05, 0.1) is 6.07 Å². The van der Waals surface area contributed by atoms with Gasteiger partial charge >= 0.3 is 0 Å². The number of halogens is 2. The van der Waals surface area contributed by atoms with E-state index in [9.17, 15) is 8.78 Å². The topological polar surface area (TPSA) is 56.0 Å². The molecule has 19 heavy (non-hydrogen) atoms. The SMILES string of the molecule is N#CC(Nc1ccc(F)cc1)c1ccc(O)c(F)c1. The highest BCUT2D eigenvalue weighted by Gasteiger charge is 2.12. The first-order chi connectivity index (χ1) is 9.10. The zero-order valence-electron chi connectivity index (χ0n) is 9.77. The van der Waals surface area contributed by atoms with Crippen LogP contribution in [0.4, 0.5) is 14.5 Å². The third kappa shape index (κ3) is 2.99. The van der Waals surface area contributed by atoms with E-state index in [4.69, 9.17) is 10.4 Å². The maximum Gasteiger partial charge on any atom is 0.165 e. The van der Waals surface area contributed by atoms with E-state index in [1.807, 2.05) is 6.07 Å². The minimum Gasteiger partial charge on any atom is -0.505 e. The number of anilines is 1. The van der Waals surface area contributed by atoms with Gasteiger partial charge in [0.2, 0.25) is 0 Å². The molecule has 0 saturated heterocycles. The summed E-state index contributed by atoms with van der Waals surface area (Å²) in [6, 6.07) is 10.4. The molecule has 0 spiro atoms. The summed E-state index contributed by atoms with van der Waals surface area (Å²) in [4.78, 5) is 0. The molecule has 0 aromatic heterocycles. The van der Waals surface area contributed by atoms with Crippen molar-refractivity contribution in [2.24, 2.45) is 0 Å². The number of aromatic hydroxyl groups is 1. The van der Waals surface area contributed by atoms with Crippen LogP contribution in [0.3, 0.4) is 0 Å². The normalized spacial score (nSPS) is 11.6. The Bertz CT molecular complexity index is 620. The molecule has 0 aliphatic carbocycles. The molecule has 2 rings (SSSR count). The van der Waals surface area contributed by atoms with Crippen LogP contribution in [0.5, 0.6) is 5.75 Å². The molecule has 0 saturated carbocycles. The summed E-state index contributed by atoms with van der Waals surface area (Å²) >= 11 is 0. The number of nitrogens with zero attached hydrogens (tertiary/aromatic N) is 1. The first kappa shape index (κ1) is 12.8. The molecular weight excluding hydrogens is 250 g/mol. The van der Waals surface area contributed by atoms with E-state index < -0.39 is 17.6 Å². The second-order valence-electron chi connectivity index (χ2n) is 3.92. The average molecular weight is 260 g/mol. The van der Waals surface area contributed by atoms with Gasteiger partial charge in [-0.1, -0.05) is 6.07 Å². The number of hydrogen-bond acceptors (Lipinski definition) is 3. The molecule has 96 valence electrons. The number of phenolic OH excluding ortho intramolecular Hbond substituents is 1. The van der Waals surface area contributed by atoms with E-state index in [0.717, 1.165) is 6.07 Å². The van der Waals surface area contributed by atoms with Crippen molar-refractivity contribution in [1.29, 1.82) is 5.26 Å². The Balaban J connectivity index is 2.23. The van der Waals surface area contributed by atoms with Crippen LogP contribution in [-0.4, -0.2) is 5.11 Å². The molecule has 1 atom stereocenters. The standard InChI is InChI=1S/C14H10F2N2O/c15-10-2-4-11(5-3-10)18-13(8-17)9-1-6-14(19)12(16)7-9/h1-7,13,18-19H. The molecule has 1 unspecified atom stereocenters. The van der Waals surface area contributed by atoms with Crippen LogP contribution in [0.15, 0.2) is 42.5 Å². The highest BCUT2D eigenvalue weighted by atomic mass is 19.1. The van der Waals surface area contributed by atoms with Gasteiger partial charge in [-0.2, -0.15) is 5.26 Å². The molecule has 0 bridgehead atoms. The largest absolute Gasteiger partial charge is 0.505 e. The molecule has 0 radical (unpaired) electrons. The minimum atomic E-state index is -0.793. The Morgan fingerprint density at radius 2 is 1.79 bits per heavy atom. The van der Waals surface area contributed by atoms with E-state index in [0.29, 0.717) is 11.3 Å². The maximum atomic E-state index is 13.2. The second kappa shape index (κ2) is 5.36. The van der Waals surface area contributed by atoms with Crippen molar-refractivity contribution in [3.05, 3.63) is 59.7 Å². The molecule has 0 heterocycles. The smallest absolute Gasteiger partial charge is 0.165 e. The second-order valence-corrected chi connectivity index (χ2v) is 3.92. The van der Waals surface area contributed by atoms with Gasteiger partial charge in [0.15, 0.2) is 11.6 Å². The van der Waals surface area contributed by atoms with Crippen LogP contribution in [0, 0.1) is 23.0 Å². The molecule has 0 aliphatic rings. The van der Waals surface area contributed by atoms with Crippen LogP contribution < -0.4 is 5.32 Å². The summed E-state index contributed by atoms with van der Waals surface area (Å²) in [6.45, 7) is 0. The van der Waals surface area contributed by atoms with E-state index in [1.54, 1.807) is 0 Å². The molecule has 2 aromatic rings. The summed E-state index contributed by atoms with van der Waals surface area (Å²) in [7, 11) is 0. The van der Waals surface area contributed by atoms with Crippen molar-refractivity contribution < 1.29 is 13.9 Å². The van der Waals surface area contributed by atoms with Gasteiger partial charge in [0, 0.05) is 5.69 Å². The summed E-state index contributed by atoms with van der Waals surface area (Å²) in [5, 5.41) is 21.0. The third-order valence-electron chi connectivity index (χ3n) is 2.59. The monoisotopic (exact) mass is 260 g/mol. The lowest BCUT2D eigenvalue weighted by Crippen LogP contribution is -2.08. The first-order valence-electron chi connectivity index (χ1n) is 5.50. The number of hydrogen-bond donors (Lipinski definition) is 2. The number of phenols is 1. The molecule has 2 N–H and O–H groups in total. The number of rotatable bonds is 3. The molecule has 0 fully saturated rings. The van der Waals surface area contributed by atoms with Crippen molar-refractivity contribution in [2.75, 3.05) is 5.32 Å². The molecule has 5 heteroatoms. The lowest BCUT2D eigenvalue weighted by Gasteiger charge is -2.13. The van der Waals surface area contributed by atoms with E-state index >= 15 is 0 Å². The Hall–Kier alpha value is -2.61. The molecular formula is C14H10F2N2O. The van der Waals surface area contributed by atoms with Gasteiger partial charge in [-0.15, -0.1) is 0 Å². The first-order valence-corrected chi connectivity index (χ1v) is 5.50. The lowest BCUT2D eigenvalue weighted by molar-refractivity contribution is 0.431. The van der Waals surface area contributed by atoms with Gasteiger partial charge in [-0.25, -0.2) is 8.78 Å². The zero-order valence-corrected chi connectivity index (χ0v) is 9.77. The van der Waals surface area contributed by atoms with Crippen molar-refractivity contribution in [1.82, 2.24) is 0 Å². The zero-order chi connectivity index (χ0) is 13.8. The highest BCUT2D eigenvalue weighted by Crippen LogP contribution is 2.23. The van der Waals surface area contributed by atoms with Gasteiger partial charge in [-0.3, -0.25) is 0 Å². The molecule has 0 amide bonds. The predicted molar refractivity (Wildman–Crippen MR) is 66.4 cm³/mol. The summed E-state index contributed by atoms with van der Waals surface area (Å²) in [5.74, 6) is -1.64. The Kier molecular flexibility index (Phi) is 3.62. The van der Waals surface area contributed by atoms with E-state index in [-0.39, 0.29) is 5.82 Å². The van der Waals surface area contributed by atoms with Gasteiger partial charge in [0.25, 0.3) is 0 Å². The van der Waals surface area contributed by atoms with E-state index in [2.05, 4.69) is 5.32 Å². The fraction of sp³-hybridized carbons (Fsp3) is 0.0714. The molecule has 0 aliphatic heterocycles. The van der Waals surface area contributed by atoms with Crippen molar-refractivity contribution >= 4 is 5.69 Å². The number of nitriles is 1. The summed E-state index contributed by atoms with van der Waals surface area (Å²) < 4.78 is 26.0. The Morgan fingerprint density at radius 1 is 1.11 bits per heavy atom. The highest BCUT2D eigenvalue weighted by molar-refractivity contribution is 5.48. The van der Waals surface area contributed by atoms with Crippen molar-refractivity contribution in [3.8, 4) is 11.8 Å². The lowest BCUT2D eigenvalue weighted by atomic mass is 10.1. The molecule has 2 aromatic carbocycles. The molecule has 3 nitrogen and oxygen atoms in total. The Morgan fingerprint density at radius 3 is 2.37 bits per heavy atom. The van der Waals surface area contributed by atoms with Crippen molar-refractivity contribution in [2.45, 2.75) is 6.04 Å². The van der Waals surface area contributed by atoms with Crippen LogP contribution in [0.1, 0.15) is 11.6 Å². The van der Waals surface area contributed by atoms with Crippen LogP contribution >= 0.6 is 0 Å². The third-order valence-corrected chi connectivity index (χ3v) is 2.59. The summed E-state index contributed by atoms with van der Waals surface area (Å²) in [5.41, 5.74) is 0.920. The maximum absolute atomic E-state index is 13.2. The number of nitrogens with one attached hydrogen (secondary N) is 1. The summed E-state index contributed by atoms with van der Waals surface area (Å²) in [6.07, 6.45) is 0. The van der Waals surface area contributed by atoms with Crippen molar-refractivity contribution in [3.63, 3.8) is 0 Å².